The van der Waals surface area contributed by atoms with Gasteiger partial charge in [-0.25, -0.2) is 4.98 Å². The summed E-state index contributed by atoms with van der Waals surface area (Å²) in [7, 11) is 0. The van der Waals surface area contributed by atoms with Gasteiger partial charge in [0.15, 0.2) is 0 Å². The molecule has 1 aromatic carbocycles. The van der Waals surface area contributed by atoms with Crippen LogP contribution in [0.2, 0.25) is 5.02 Å². The van der Waals surface area contributed by atoms with Gasteiger partial charge in [-0.15, -0.1) is 0 Å². The molecule has 2 N–H and O–H groups in total. The molecular weight excluding hydrogens is 317 g/mol. The molecule has 0 aliphatic carbocycles. The second-order valence-electron chi connectivity index (χ2n) is 4.72. The molecule has 0 amide bonds. The SMILES string of the molecule is CC[C@H](Nc1ncc(C(F)(F)F)cc1Cl)c1ccccc1O. The molecular formula is C15H14ClF3N2O. The van der Waals surface area contributed by atoms with Crippen molar-refractivity contribution in [3.05, 3.63) is 52.7 Å². The molecule has 0 saturated heterocycles. The number of hydrogen-bond donors (Lipinski definition) is 2. The molecule has 3 nitrogen and oxygen atoms in total. The molecule has 0 fully saturated rings. The van der Waals surface area contributed by atoms with Crippen LogP contribution in [-0.2, 0) is 6.18 Å². The Balaban J connectivity index is 2.27. The predicted molar refractivity (Wildman–Crippen MR) is 79.0 cm³/mol. The smallest absolute Gasteiger partial charge is 0.417 e. The highest BCUT2D eigenvalue weighted by Gasteiger charge is 2.31. The molecule has 1 heterocycles. The van der Waals surface area contributed by atoms with E-state index in [2.05, 4.69) is 10.3 Å². The van der Waals surface area contributed by atoms with Crippen LogP contribution in [0.1, 0.15) is 30.5 Å². The average molecular weight is 331 g/mol. The number of pyridine rings is 1. The molecule has 1 aromatic heterocycles. The fourth-order valence-electron chi connectivity index (χ4n) is 2.05. The zero-order chi connectivity index (χ0) is 16.3. The number of anilines is 1. The Morgan fingerprint density at radius 3 is 2.55 bits per heavy atom. The molecule has 2 aromatic rings. The van der Waals surface area contributed by atoms with Crippen LogP contribution < -0.4 is 5.32 Å². The zero-order valence-electron chi connectivity index (χ0n) is 11.7. The number of nitrogens with one attached hydrogen (secondary N) is 1. The number of aromatic hydroxyl groups is 1. The largest absolute Gasteiger partial charge is 0.508 e. The molecule has 0 radical (unpaired) electrons. The first kappa shape index (κ1) is 16.4. The highest BCUT2D eigenvalue weighted by Crippen LogP contribution is 2.34. The molecule has 1 atom stereocenters. The lowest BCUT2D eigenvalue weighted by atomic mass is 10.0. The van der Waals surface area contributed by atoms with Crippen molar-refractivity contribution in [1.82, 2.24) is 4.98 Å². The van der Waals surface area contributed by atoms with Gasteiger partial charge in [0.2, 0.25) is 0 Å². The summed E-state index contributed by atoms with van der Waals surface area (Å²) in [6.45, 7) is 1.88. The number of rotatable bonds is 4. The number of aromatic nitrogens is 1. The minimum Gasteiger partial charge on any atom is -0.508 e. The predicted octanol–water partition coefficient (Wildman–Crippen LogP) is 5.02. The highest BCUT2D eigenvalue weighted by atomic mass is 35.5. The van der Waals surface area contributed by atoms with Gasteiger partial charge in [0, 0.05) is 11.8 Å². The van der Waals surface area contributed by atoms with E-state index in [0.717, 1.165) is 12.3 Å². The Labute approximate surface area is 130 Å². The number of phenolic OH excluding ortho intramolecular Hbond substituents is 1. The number of para-hydroxylation sites is 1. The first-order valence-electron chi connectivity index (χ1n) is 6.60. The molecule has 0 bridgehead atoms. The van der Waals surface area contributed by atoms with Gasteiger partial charge >= 0.3 is 6.18 Å². The van der Waals surface area contributed by atoms with Crippen LogP contribution in [0.5, 0.6) is 5.75 Å². The Hall–Kier alpha value is -1.95. The standard InChI is InChI=1S/C15H14ClF3N2O/c1-2-12(10-5-3-4-6-13(10)22)21-14-11(16)7-9(8-20-14)15(17,18)19/h3-8,12,22H,2H2,1H3,(H,20,21)/t12-/m0/s1. The van der Waals surface area contributed by atoms with E-state index in [0.29, 0.717) is 12.0 Å². The van der Waals surface area contributed by atoms with Crippen LogP contribution in [0, 0.1) is 0 Å². The minimum atomic E-state index is -4.49. The first-order valence-corrected chi connectivity index (χ1v) is 6.98. The Morgan fingerprint density at radius 1 is 1.32 bits per heavy atom. The van der Waals surface area contributed by atoms with Gasteiger partial charge < -0.3 is 10.4 Å². The molecule has 2 rings (SSSR count). The highest BCUT2D eigenvalue weighted by molar-refractivity contribution is 6.33. The van der Waals surface area contributed by atoms with Crippen LogP contribution in [0.15, 0.2) is 36.5 Å². The second-order valence-corrected chi connectivity index (χ2v) is 5.12. The lowest BCUT2D eigenvalue weighted by Crippen LogP contribution is -2.12. The fourth-order valence-corrected chi connectivity index (χ4v) is 2.27. The lowest BCUT2D eigenvalue weighted by Gasteiger charge is -2.20. The molecule has 0 spiro atoms. The van der Waals surface area contributed by atoms with Crippen molar-refractivity contribution < 1.29 is 18.3 Å². The Morgan fingerprint density at radius 2 is 2.00 bits per heavy atom. The maximum absolute atomic E-state index is 12.6. The summed E-state index contributed by atoms with van der Waals surface area (Å²) < 4.78 is 37.8. The summed E-state index contributed by atoms with van der Waals surface area (Å²) in [4.78, 5) is 3.74. The van der Waals surface area contributed by atoms with Crippen LogP contribution in [0.3, 0.4) is 0 Å². The average Bonchev–Trinajstić information content (AvgIpc) is 2.46. The molecule has 0 saturated carbocycles. The molecule has 0 aliphatic heterocycles. The van der Waals surface area contributed by atoms with E-state index < -0.39 is 11.7 Å². The van der Waals surface area contributed by atoms with E-state index in [-0.39, 0.29) is 22.6 Å². The van der Waals surface area contributed by atoms with Gasteiger partial charge in [0.1, 0.15) is 11.6 Å². The quantitative estimate of drug-likeness (QED) is 0.827. The summed E-state index contributed by atoms with van der Waals surface area (Å²) in [6.07, 6.45) is -3.17. The van der Waals surface area contributed by atoms with Gasteiger partial charge in [0.05, 0.1) is 16.6 Å². The Bertz CT molecular complexity index is 661. The van der Waals surface area contributed by atoms with Crippen molar-refractivity contribution in [2.45, 2.75) is 25.6 Å². The van der Waals surface area contributed by atoms with E-state index in [1.54, 1.807) is 24.3 Å². The third kappa shape index (κ3) is 3.62. The van der Waals surface area contributed by atoms with Crippen molar-refractivity contribution in [3.8, 4) is 5.75 Å². The number of phenols is 1. The maximum Gasteiger partial charge on any atom is 0.417 e. The summed E-state index contributed by atoms with van der Waals surface area (Å²) in [5, 5.41) is 12.7. The van der Waals surface area contributed by atoms with E-state index in [1.807, 2.05) is 6.92 Å². The number of alkyl halides is 3. The summed E-state index contributed by atoms with van der Waals surface area (Å²) in [5.74, 6) is 0.245. The number of hydrogen-bond acceptors (Lipinski definition) is 3. The van der Waals surface area contributed by atoms with Crippen molar-refractivity contribution in [3.63, 3.8) is 0 Å². The summed E-state index contributed by atoms with van der Waals surface area (Å²) in [5.41, 5.74) is -0.276. The zero-order valence-corrected chi connectivity index (χ0v) is 12.4. The van der Waals surface area contributed by atoms with Crippen molar-refractivity contribution in [2.24, 2.45) is 0 Å². The van der Waals surface area contributed by atoms with Crippen LogP contribution in [0.25, 0.3) is 0 Å². The molecule has 0 aliphatic rings. The van der Waals surface area contributed by atoms with E-state index >= 15 is 0 Å². The van der Waals surface area contributed by atoms with Gasteiger partial charge in [-0.3, -0.25) is 0 Å². The monoisotopic (exact) mass is 330 g/mol. The van der Waals surface area contributed by atoms with Crippen molar-refractivity contribution >= 4 is 17.4 Å². The number of halogens is 4. The van der Waals surface area contributed by atoms with Crippen LogP contribution in [-0.4, -0.2) is 10.1 Å². The van der Waals surface area contributed by atoms with Crippen molar-refractivity contribution in [2.75, 3.05) is 5.32 Å². The van der Waals surface area contributed by atoms with Crippen LogP contribution in [0.4, 0.5) is 19.0 Å². The fraction of sp³-hybridized carbons (Fsp3) is 0.267. The van der Waals surface area contributed by atoms with Gasteiger partial charge in [0.25, 0.3) is 0 Å². The van der Waals surface area contributed by atoms with Crippen LogP contribution >= 0.6 is 11.6 Å². The Kier molecular flexibility index (Phi) is 4.81. The summed E-state index contributed by atoms with van der Waals surface area (Å²) in [6, 6.07) is 7.24. The third-order valence-electron chi connectivity index (χ3n) is 3.20. The minimum absolute atomic E-state index is 0.102. The number of benzene rings is 1. The first-order chi connectivity index (χ1) is 10.3. The van der Waals surface area contributed by atoms with Crippen molar-refractivity contribution in [1.29, 1.82) is 0 Å². The summed E-state index contributed by atoms with van der Waals surface area (Å²) >= 11 is 5.88. The molecule has 118 valence electrons. The number of nitrogens with zero attached hydrogens (tertiary/aromatic N) is 1. The molecule has 7 heteroatoms. The molecule has 22 heavy (non-hydrogen) atoms. The third-order valence-corrected chi connectivity index (χ3v) is 3.49. The normalized spacial score (nSPS) is 13.0. The van der Waals surface area contributed by atoms with E-state index in [9.17, 15) is 18.3 Å². The van der Waals surface area contributed by atoms with E-state index in [4.69, 9.17) is 11.6 Å². The maximum atomic E-state index is 12.6. The van der Waals surface area contributed by atoms with E-state index in [1.165, 1.54) is 0 Å². The second kappa shape index (κ2) is 6.44. The molecule has 0 unspecified atom stereocenters. The lowest BCUT2D eigenvalue weighted by molar-refractivity contribution is -0.137. The van der Waals surface area contributed by atoms with Gasteiger partial charge in [-0.1, -0.05) is 36.7 Å². The van der Waals surface area contributed by atoms with Gasteiger partial charge in [-0.2, -0.15) is 13.2 Å². The topological polar surface area (TPSA) is 45.2 Å². The van der Waals surface area contributed by atoms with Gasteiger partial charge in [-0.05, 0) is 18.6 Å².